The molecule has 2 aromatic rings. The molecule has 0 aliphatic heterocycles. The predicted octanol–water partition coefficient (Wildman–Crippen LogP) is 2.93. The number of halogens is 1. The third-order valence-electron chi connectivity index (χ3n) is 3.50. The molecule has 1 heterocycles. The highest BCUT2D eigenvalue weighted by molar-refractivity contribution is 9.10. The quantitative estimate of drug-likeness (QED) is 0.889. The summed E-state index contributed by atoms with van der Waals surface area (Å²) in [6, 6.07) is 10.6. The lowest BCUT2D eigenvalue weighted by atomic mass is 9.94. The van der Waals surface area contributed by atoms with Gasteiger partial charge in [-0.3, -0.25) is 4.68 Å². The number of nitrogens with two attached hydrogens (primary N) is 1. The van der Waals surface area contributed by atoms with Gasteiger partial charge in [0.15, 0.2) is 0 Å². The van der Waals surface area contributed by atoms with E-state index in [9.17, 15) is 0 Å². The summed E-state index contributed by atoms with van der Waals surface area (Å²) in [7, 11) is 1.99. The molecule has 19 heavy (non-hydrogen) atoms. The molecule has 1 aromatic heterocycles. The Morgan fingerprint density at radius 1 is 1.26 bits per heavy atom. The average molecular weight is 322 g/mol. The van der Waals surface area contributed by atoms with Crippen molar-refractivity contribution in [3.05, 3.63) is 52.3 Å². The molecular weight excluding hydrogens is 302 g/mol. The van der Waals surface area contributed by atoms with Crippen molar-refractivity contribution in [1.82, 2.24) is 9.78 Å². The summed E-state index contributed by atoms with van der Waals surface area (Å²) >= 11 is 3.46. The van der Waals surface area contributed by atoms with E-state index in [-0.39, 0.29) is 0 Å². The normalized spacial score (nSPS) is 12.6. The maximum absolute atomic E-state index is 5.90. The molecule has 0 aliphatic carbocycles. The van der Waals surface area contributed by atoms with Crippen LogP contribution in [-0.4, -0.2) is 16.3 Å². The second-order valence-electron chi connectivity index (χ2n) is 4.92. The van der Waals surface area contributed by atoms with Gasteiger partial charge in [0.2, 0.25) is 0 Å². The Labute approximate surface area is 122 Å². The highest BCUT2D eigenvalue weighted by Gasteiger charge is 2.09. The molecule has 2 N–H and O–H groups in total. The van der Waals surface area contributed by atoms with E-state index in [0.717, 1.165) is 30.3 Å². The zero-order valence-corrected chi connectivity index (χ0v) is 12.8. The van der Waals surface area contributed by atoms with Crippen LogP contribution in [0.2, 0.25) is 0 Å². The summed E-state index contributed by atoms with van der Waals surface area (Å²) in [5, 5.41) is 4.19. The van der Waals surface area contributed by atoms with E-state index in [4.69, 9.17) is 5.73 Å². The first kappa shape index (κ1) is 14.3. The van der Waals surface area contributed by atoms with Crippen LogP contribution in [0.3, 0.4) is 0 Å². The first-order valence-electron chi connectivity index (χ1n) is 6.60. The van der Waals surface area contributed by atoms with E-state index < -0.39 is 0 Å². The third kappa shape index (κ3) is 4.18. The van der Waals surface area contributed by atoms with E-state index in [2.05, 4.69) is 51.4 Å². The molecule has 1 aromatic carbocycles. The van der Waals surface area contributed by atoms with E-state index in [1.807, 2.05) is 17.9 Å². The van der Waals surface area contributed by atoms with Crippen LogP contribution in [0.1, 0.15) is 17.7 Å². The highest BCUT2D eigenvalue weighted by Crippen LogP contribution is 2.17. The summed E-state index contributed by atoms with van der Waals surface area (Å²) in [6.07, 6.45) is 5.03. The zero-order valence-electron chi connectivity index (χ0n) is 11.2. The van der Waals surface area contributed by atoms with Crippen molar-refractivity contribution in [3.63, 3.8) is 0 Å². The minimum absolute atomic E-state index is 0.524. The highest BCUT2D eigenvalue weighted by atomic mass is 79.9. The van der Waals surface area contributed by atoms with Gasteiger partial charge in [-0.05, 0) is 55.5 Å². The number of hydrogen-bond donors (Lipinski definition) is 1. The molecule has 102 valence electrons. The van der Waals surface area contributed by atoms with Gasteiger partial charge in [0.1, 0.15) is 0 Å². The summed E-state index contributed by atoms with van der Waals surface area (Å²) < 4.78 is 3.06. The second kappa shape index (κ2) is 6.87. The predicted molar refractivity (Wildman–Crippen MR) is 81.9 cm³/mol. The van der Waals surface area contributed by atoms with Gasteiger partial charge in [0, 0.05) is 23.4 Å². The Balaban J connectivity index is 1.90. The average Bonchev–Trinajstić information content (AvgIpc) is 2.82. The first-order chi connectivity index (χ1) is 9.19. The Morgan fingerprint density at radius 2 is 2.00 bits per heavy atom. The molecule has 1 atom stereocenters. The molecule has 0 aliphatic rings. The number of aromatic nitrogens is 2. The van der Waals surface area contributed by atoms with Gasteiger partial charge < -0.3 is 5.73 Å². The molecule has 0 amide bonds. The fraction of sp³-hybridized carbons (Fsp3) is 0.400. The van der Waals surface area contributed by atoms with Crippen LogP contribution >= 0.6 is 15.9 Å². The Bertz CT molecular complexity index is 504. The van der Waals surface area contributed by atoms with Gasteiger partial charge in [-0.25, -0.2) is 0 Å². The van der Waals surface area contributed by atoms with Crippen molar-refractivity contribution in [1.29, 1.82) is 0 Å². The van der Waals surface area contributed by atoms with Gasteiger partial charge in [-0.1, -0.05) is 28.1 Å². The molecule has 0 spiro atoms. The number of benzene rings is 1. The first-order valence-corrected chi connectivity index (χ1v) is 7.39. The molecule has 0 bridgehead atoms. The maximum atomic E-state index is 5.90. The van der Waals surface area contributed by atoms with Crippen LogP contribution in [0.5, 0.6) is 0 Å². The van der Waals surface area contributed by atoms with Crippen LogP contribution < -0.4 is 5.73 Å². The SMILES string of the molecule is Cn1nccc1CCC(CN)Cc1ccc(Br)cc1. The number of hydrogen-bond acceptors (Lipinski definition) is 2. The molecule has 0 saturated carbocycles. The topological polar surface area (TPSA) is 43.8 Å². The molecule has 4 heteroatoms. The fourth-order valence-corrected chi connectivity index (χ4v) is 2.52. The molecule has 0 radical (unpaired) electrons. The van der Waals surface area contributed by atoms with Crippen LogP contribution in [-0.2, 0) is 19.9 Å². The summed E-state index contributed by atoms with van der Waals surface area (Å²) in [6.45, 7) is 0.730. The second-order valence-corrected chi connectivity index (χ2v) is 5.83. The van der Waals surface area contributed by atoms with Crippen molar-refractivity contribution in [2.24, 2.45) is 18.7 Å². The van der Waals surface area contributed by atoms with E-state index in [0.29, 0.717) is 5.92 Å². The summed E-state index contributed by atoms with van der Waals surface area (Å²) in [4.78, 5) is 0. The lowest BCUT2D eigenvalue weighted by molar-refractivity contribution is 0.485. The summed E-state index contributed by atoms with van der Waals surface area (Å²) in [5.41, 5.74) is 8.52. The molecule has 1 unspecified atom stereocenters. The third-order valence-corrected chi connectivity index (χ3v) is 4.03. The van der Waals surface area contributed by atoms with Crippen LogP contribution in [0.25, 0.3) is 0 Å². The molecule has 2 rings (SSSR count). The smallest absolute Gasteiger partial charge is 0.0492 e. The summed E-state index contributed by atoms with van der Waals surface area (Å²) in [5.74, 6) is 0.524. The molecule has 0 fully saturated rings. The zero-order chi connectivity index (χ0) is 13.7. The van der Waals surface area contributed by atoms with Gasteiger partial charge in [0.25, 0.3) is 0 Å². The van der Waals surface area contributed by atoms with Crippen molar-refractivity contribution >= 4 is 15.9 Å². The number of nitrogens with zero attached hydrogens (tertiary/aromatic N) is 2. The molecule has 3 nitrogen and oxygen atoms in total. The van der Waals surface area contributed by atoms with Gasteiger partial charge in [-0.15, -0.1) is 0 Å². The van der Waals surface area contributed by atoms with Crippen LogP contribution in [0.4, 0.5) is 0 Å². The lowest BCUT2D eigenvalue weighted by Crippen LogP contribution is -2.18. The van der Waals surface area contributed by atoms with Gasteiger partial charge in [-0.2, -0.15) is 5.10 Å². The molecule has 0 saturated heterocycles. The van der Waals surface area contributed by atoms with Crippen LogP contribution in [0.15, 0.2) is 41.0 Å². The monoisotopic (exact) mass is 321 g/mol. The molecular formula is C15H20BrN3. The minimum atomic E-state index is 0.524. The van der Waals surface area contributed by atoms with E-state index in [1.165, 1.54) is 11.3 Å². The Morgan fingerprint density at radius 3 is 2.58 bits per heavy atom. The largest absolute Gasteiger partial charge is 0.330 e. The van der Waals surface area contributed by atoms with E-state index in [1.54, 1.807) is 0 Å². The number of rotatable bonds is 6. The Kier molecular flexibility index (Phi) is 5.16. The fourth-order valence-electron chi connectivity index (χ4n) is 2.26. The van der Waals surface area contributed by atoms with Crippen LogP contribution in [0, 0.1) is 5.92 Å². The number of aryl methyl sites for hydroxylation is 2. The maximum Gasteiger partial charge on any atom is 0.0492 e. The van der Waals surface area contributed by atoms with Crippen molar-refractivity contribution < 1.29 is 0 Å². The van der Waals surface area contributed by atoms with Gasteiger partial charge >= 0.3 is 0 Å². The van der Waals surface area contributed by atoms with Gasteiger partial charge in [0.05, 0.1) is 0 Å². The Hall–Kier alpha value is -1.13. The lowest BCUT2D eigenvalue weighted by Gasteiger charge is -2.15. The van der Waals surface area contributed by atoms with Crippen molar-refractivity contribution in [2.75, 3.05) is 6.54 Å². The van der Waals surface area contributed by atoms with Crippen molar-refractivity contribution in [2.45, 2.75) is 19.3 Å². The standard InChI is InChI=1S/C15H20BrN3/c1-19-15(8-9-18-19)7-4-13(11-17)10-12-2-5-14(16)6-3-12/h2-3,5-6,8-9,13H,4,7,10-11,17H2,1H3. The minimum Gasteiger partial charge on any atom is -0.330 e. The van der Waals surface area contributed by atoms with Crippen molar-refractivity contribution in [3.8, 4) is 0 Å². The van der Waals surface area contributed by atoms with E-state index >= 15 is 0 Å².